The van der Waals surface area contributed by atoms with Crippen molar-refractivity contribution in [2.75, 3.05) is 0 Å². The zero-order valence-corrected chi connectivity index (χ0v) is 12.1. The van der Waals surface area contributed by atoms with Crippen molar-refractivity contribution in [2.45, 2.75) is 13.5 Å². The van der Waals surface area contributed by atoms with Gasteiger partial charge in [0.1, 0.15) is 12.4 Å². The highest BCUT2D eigenvalue weighted by molar-refractivity contribution is 7.17. The lowest BCUT2D eigenvalue weighted by Gasteiger charge is -2.06. The van der Waals surface area contributed by atoms with Crippen LogP contribution in [0.15, 0.2) is 47.8 Å². The first kappa shape index (κ1) is 12.5. The van der Waals surface area contributed by atoms with Gasteiger partial charge >= 0.3 is 0 Å². The van der Waals surface area contributed by atoms with Gasteiger partial charge in [0.05, 0.1) is 0 Å². The van der Waals surface area contributed by atoms with Crippen LogP contribution in [-0.2, 0) is 6.61 Å². The summed E-state index contributed by atoms with van der Waals surface area (Å²) >= 11 is 7.77. The fourth-order valence-electron chi connectivity index (χ4n) is 2.03. The van der Waals surface area contributed by atoms with Crippen LogP contribution in [0.3, 0.4) is 0 Å². The SMILES string of the molecule is Cc1cccc(OCc2csc3ccc(Cl)cc23)c1. The van der Waals surface area contributed by atoms with Crippen LogP contribution < -0.4 is 4.74 Å². The van der Waals surface area contributed by atoms with E-state index in [1.165, 1.54) is 21.2 Å². The van der Waals surface area contributed by atoms with Crippen molar-refractivity contribution in [1.29, 1.82) is 0 Å². The lowest BCUT2D eigenvalue weighted by molar-refractivity contribution is 0.308. The average Bonchev–Trinajstić information content (AvgIpc) is 2.79. The zero-order chi connectivity index (χ0) is 13.2. The number of thiophene rings is 1. The van der Waals surface area contributed by atoms with Gasteiger partial charge in [0, 0.05) is 20.7 Å². The van der Waals surface area contributed by atoms with E-state index in [0.717, 1.165) is 10.8 Å². The number of benzene rings is 2. The maximum Gasteiger partial charge on any atom is 0.120 e. The summed E-state index contributed by atoms with van der Waals surface area (Å²) in [5, 5.41) is 4.09. The first-order valence-electron chi connectivity index (χ1n) is 6.07. The normalized spacial score (nSPS) is 10.8. The highest BCUT2D eigenvalue weighted by atomic mass is 35.5. The fourth-order valence-corrected chi connectivity index (χ4v) is 3.13. The van der Waals surface area contributed by atoms with Crippen molar-refractivity contribution in [3.05, 3.63) is 64.0 Å². The molecule has 0 amide bonds. The van der Waals surface area contributed by atoms with Crippen LogP contribution in [0.5, 0.6) is 5.75 Å². The zero-order valence-electron chi connectivity index (χ0n) is 10.5. The Bertz CT molecular complexity index is 718. The van der Waals surface area contributed by atoms with Gasteiger partial charge in [-0.3, -0.25) is 0 Å². The summed E-state index contributed by atoms with van der Waals surface area (Å²) in [6.45, 7) is 2.64. The van der Waals surface area contributed by atoms with E-state index in [4.69, 9.17) is 16.3 Å². The molecule has 3 aromatic rings. The van der Waals surface area contributed by atoms with Crippen molar-refractivity contribution >= 4 is 33.0 Å². The Morgan fingerprint density at radius 1 is 1.16 bits per heavy atom. The highest BCUT2D eigenvalue weighted by Gasteiger charge is 2.05. The maximum absolute atomic E-state index is 6.05. The third kappa shape index (κ3) is 2.75. The number of fused-ring (bicyclic) bond motifs is 1. The van der Waals surface area contributed by atoms with Gasteiger partial charge < -0.3 is 4.74 Å². The summed E-state index contributed by atoms with van der Waals surface area (Å²) in [5.41, 5.74) is 2.39. The molecule has 0 unspecified atom stereocenters. The third-order valence-corrected chi connectivity index (χ3v) is 4.25. The predicted octanol–water partition coefficient (Wildman–Crippen LogP) is 5.44. The molecule has 0 aliphatic rings. The Morgan fingerprint density at radius 2 is 2.05 bits per heavy atom. The summed E-state index contributed by atoms with van der Waals surface area (Å²) in [6, 6.07) is 14.1. The molecule has 19 heavy (non-hydrogen) atoms. The molecule has 2 aromatic carbocycles. The van der Waals surface area contributed by atoms with E-state index < -0.39 is 0 Å². The van der Waals surface area contributed by atoms with Gasteiger partial charge in [-0.25, -0.2) is 0 Å². The van der Waals surface area contributed by atoms with Crippen molar-refractivity contribution in [3.8, 4) is 5.75 Å². The molecule has 1 nitrogen and oxygen atoms in total. The number of halogens is 1. The first-order chi connectivity index (χ1) is 9.22. The molecule has 1 heterocycles. The van der Waals surface area contributed by atoms with Gasteiger partial charge in [-0.1, -0.05) is 23.7 Å². The molecule has 3 heteroatoms. The summed E-state index contributed by atoms with van der Waals surface area (Å²) in [4.78, 5) is 0. The molecule has 0 saturated carbocycles. The largest absolute Gasteiger partial charge is 0.489 e. The Morgan fingerprint density at radius 3 is 2.89 bits per heavy atom. The average molecular weight is 289 g/mol. The van der Waals surface area contributed by atoms with Gasteiger partial charge in [-0.15, -0.1) is 11.3 Å². The molecule has 96 valence electrons. The molecule has 0 aliphatic heterocycles. The second-order valence-corrected chi connectivity index (χ2v) is 5.85. The smallest absolute Gasteiger partial charge is 0.120 e. The molecule has 1 aromatic heterocycles. The third-order valence-electron chi connectivity index (χ3n) is 3.00. The van der Waals surface area contributed by atoms with Crippen LogP contribution in [0.4, 0.5) is 0 Å². The van der Waals surface area contributed by atoms with Crippen molar-refractivity contribution in [1.82, 2.24) is 0 Å². The maximum atomic E-state index is 6.05. The second-order valence-electron chi connectivity index (χ2n) is 4.51. The Hall–Kier alpha value is -1.51. The summed E-state index contributed by atoms with van der Waals surface area (Å²) in [7, 11) is 0. The Balaban J connectivity index is 1.84. The minimum Gasteiger partial charge on any atom is -0.489 e. The molecule has 0 radical (unpaired) electrons. The number of hydrogen-bond donors (Lipinski definition) is 0. The van der Waals surface area contributed by atoms with E-state index in [1.807, 2.05) is 30.3 Å². The molecule has 3 rings (SSSR count). The van der Waals surface area contributed by atoms with Gasteiger partial charge in [-0.05, 0) is 48.2 Å². The van der Waals surface area contributed by atoms with Crippen LogP contribution >= 0.6 is 22.9 Å². The van der Waals surface area contributed by atoms with E-state index in [9.17, 15) is 0 Å². The number of hydrogen-bond acceptors (Lipinski definition) is 2. The van der Waals surface area contributed by atoms with Crippen molar-refractivity contribution < 1.29 is 4.74 Å². The van der Waals surface area contributed by atoms with E-state index in [0.29, 0.717) is 6.61 Å². The predicted molar refractivity (Wildman–Crippen MR) is 82.3 cm³/mol. The first-order valence-corrected chi connectivity index (χ1v) is 7.33. The highest BCUT2D eigenvalue weighted by Crippen LogP contribution is 2.29. The molecular weight excluding hydrogens is 276 g/mol. The van der Waals surface area contributed by atoms with Crippen LogP contribution in [0, 0.1) is 6.92 Å². The lowest BCUT2D eigenvalue weighted by atomic mass is 10.2. The molecule has 0 N–H and O–H groups in total. The van der Waals surface area contributed by atoms with E-state index in [2.05, 4.69) is 24.4 Å². The molecule has 0 atom stereocenters. The summed E-state index contributed by atoms with van der Waals surface area (Å²) in [6.07, 6.45) is 0. The fraction of sp³-hybridized carbons (Fsp3) is 0.125. The monoisotopic (exact) mass is 288 g/mol. The van der Waals surface area contributed by atoms with Crippen molar-refractivity contribution in [3.63, 3.8) is 0 Å². The van der Waals surface area contributed by atoms with Gasteiger partial charge in [0.2, 0.25) is 0 Å². The lowest BCUT2D eigenvalue weighted by Crippen LogP contribution is -1.94. The second kappa shape index (κ2) is 5.24. The summed E-state index contributed by atoms with van der Waals surface area (Å²) < 4.78 is 7.09. The molecule has 0 spiro atoms. The van der Waals surface area contributed by atoms with Crippen LogP contribution in [0.1, 0.15) is 11.1 Å². The quantitative estimate of drug-likeness (QED) is 0.623. The van der Waals surface area contributed by atoms with Crippen molar-refractivity contribution in [2.24, 2.45) is 0 Å². The number of rotatable bonds is 3. The molecule has 0 aliphatic carbocycles. The molecular formula is C16H13ClOS. The van der Waals surface area contributed by atoms with Gasteiger partial charge in [0.25, 0.3) is 0 Å². The molecule has 0 saturated heterocycles. The molecule has 0 bridgehead atoms. The van der Waals surface area contributed by atoms with E-state index >= 15 is 0 Å². The van der Waals surface area contributed by atoms with E-state index in [1.54, 1.807) is 11.3 Å². The Kier molecular flexibility index (Phi) is 3.45. The van der Waals surface area contributed by atoms with Crippen LogP contribution in [-0.4, -0.2) is 0 Å². The van der Waals surface area contributed by atoms with Gasteiger partial charge in [0.15, 0.2) is 0 Å². The molecule has 0 fully saturated rings. The standard InChI is InChI=1S/C16H13ClOS/c1-11-3-2-4-14(7-11)18-9-12-10-19-16-6-5-13(17)8-15(12)16/h2-8,10H,9H2,1H3. The van der Waals surface area contributed by atoms with Crippen LogP contribution in [0.25, 0.3) is 10.1 Å². The topological polar surface area (TPSA) is 9.23 Å². The van der Waals surface area contributed by atoms with Crippen LogP contribution in [0.2, 0.25) is 5.02 Å². The van der Waals surface area contributed by atoms with E-state index in [-0.39, 0.29) is 0 Å². The van der Waals surface area contributed by atoms with Gasteiger partial charge in [-0.2, -0.15) is 0 Å². The number of ether oxygens (including phenoxy) is 1. The minimum absolute atomic E-state index is 0.573. The minimum atomic E-state index is 0.573. The summed E-state index contributed by atoms with van der Waals surface area (Å²) in [5.74, 6) is 0.904. The Labute approximate surface area is 121 Å². The number of aryl methyl sites for hydroxylation is 1.